The van der Waals surface area contributed by atoms with E-state index in [1.165, 1.54) is 0 Å². The predicted molar refractivity (Wildman–Crippen MR) is 42.7 cm³/mol. The molecule has 0 saturated carbocycles. The summed E-state index contributed by atoms with van der Waals surface area (Å²) in [5.41, 5.74) is 2.45. The molecule has 0 amide bonds. The van der Waals surface area contributed by atoms with Gasteiger partial charge in [0.25, 0.3) is 6.43 Å². The molecule has 0 aliphatic rings. The minimum absolute atomic E-state index is 0.0809. The fourth-order valence-corrected chi connectivity index (χ4v) is 0.652. The molecule has 1 atom stereocenters. The molecule has 0 saturated heterocycles. The summed E-state index contributed by atoms with van der Waals surface area (Å²) in [6.07, 6.45) is -0.253. The first-order valence-corrected chi connectivity index (χ1v) is 3.65. The van der Waals surface area contributed by atoms with Crippen LogP contribution in [-0.2, 0) is 4.74 Å². The molecular formula is C7H14F2N2O. The molecule has 5 heteroatoms. The van der Waals surface area contributed by atoms with Crippen molar-refractivity contribution in [1.82, 2.24) is 5.43 Å². The Morgan fingerprint density at radius 2 is 2.25 bits per heavy atom. The number of hydrazine groups is 1. The molecule has 0 aromatic heterocycles. The molecule has 0 spiro atoms. The summed E-state index contributed by atoms with van der Waals surface area (Å²) in [7, 11) is 0. The van der Waals surface area contributed by atoms with Gasteiger partial charge in [-0.05, 0) is 6.42 Å². The molecule has 72 valence electrons. The summed E-state index contributed by atoms with van der Waals surface area (Å²) in [5.74, 6) is 5.10. The third-order valence-corrected chi connectivity index (χ3v) is 1.32. The van der Waals surface area contributed by atoms with E-state index in [2.05, 4.69) is 16.7 Å². The van der Waals surface area contributed by atoms with E-state index < -0.39 is 13.0 Å². The highest BCUT2D eigenvalue weighted by Crippen LogP contribution is 1.96. The largest absolute Gasteiger partial charge is 0.375 e. The van der Waals surface area contributed by atoms with Crippen LogP contribution in [0.5, 0.6) is 0 Å². The zero-order valence-electron chi connectivity index (χ0n) is 6.80. The average Bonchev–Trinajstić information content (AvgIpc) is 2.04. The molecule has 0 heterocycles. The van der Waals surface area contributed by atoms with Crippen LogP contribution in [0.2, 0.25) is 0 Å². The lowest BCUT2D eigenvalue weighted by Gasteiger charge is -2.10. The zero-order chi connectivity index (χ0) is 9.40. The highest BCUT2D eigenvalue weighted by Gasteiger charge is 2.03. The Labute approximate surface area is 70.5 Å². The molecule has 0 fully saturated rings. The lowest BCUT2D eigenvalue weighted by Crippen LogP contribution is -2.34. The number of halogens is 2. The monoisotopic (exact) mass is 180 g/mol. The number of ether oxygens (including phenoxy) is 1. The maximum Gasteiger partial charge on any atom is 0.261 e. The SMILES string of the molecule is C=CC(CCOCC(F)F)NN. The molecule has 0 aromatic rings. The number of hydrogen-bond donors (Lipinski definition) is 2. The van der Waals surface area contributed by atoms with E-state index in [9.17, 15) is 8.78 Å². The van der Waals surface area contributed by atoms with E-state index >= 15 is 0 Å². The molecule has 12 heavy (non-hydrogen) atoms. The summed E-state index contributed by atoms with van der Waals surface area (Å²) in [6, 6.07) is -0.0809. The highest BCUT2D eigenvalue weighted by atomic mass is 19.3. The second-order valence-corrected chi connectivity index (χ2v) is 2.26. The summed E-state index contributed by atoms with van der Waals surface area (Å²) >= 11 is 0. The molecule has 0 radical (unpaired) electrons. The molecule has 0 aliphatic heterocycles. The summed E-state index contributed by atoms with van der Waals surface area (Å²) < 4.78 is 27.7. The van der Waals surface area contributed by atoms with Crippen LogP contribution in [0.4, 0.5) is 8.78 Å². The average molecular weight is 180 g/mol. The third-order valence-electron chi connectivity index (χ3n) is 1.32. The summed E-state index contributed by atoms with van der Waals surface area (Å²) in [6.45, 7) is 3.24. The Morgan fingerprint density at radius 3 is 2.67 bits per heavy atom. The Balaban J connectivity index is 3.23. The van der Waals surface area contributed by atoms with Crippen molar-refractivity contribution >= 4 is 0 Å². The van der Waals surface area contributed by atoms with Crippen molar-refractivity contribution in [2.45, 2.75) is 18.9 Å². The lowest BCUT2D eigenvalue weighted by atomic mass is 10.2. The van der Waals surface area contributed by atoms with E-state index in [1.54, 1.807) is 6.08 Å². The van der Waals surface area contributed by atoms with Crippen molar-refractivity contribution in [2.24, 2.45) is 5.84 Å². The lowest BCUT2D eigenvalue weighted by molar-refractivity contribution is 0.0154. The molecular weight excluding hydrogens is 166 g/mol. The van der Waals surface area contributed by atoms with Gasteiger partial charge < -0.3 is 4.74 Å². The molecule has 3 nitrogen and oxygen atoms in total. The minimum atomic E-state index is -2.40. The van der Waals surface area contributed by atoms with Crippen LogP contribution in [0.3, 0.4) is 0 Å². The molecule has 0 rings (SSSR count). The second-order valence-electron chi connectivity index (χ2n) is 2.26. The van der Waals surface area contributed by atoms with E-state index in [-0.39, 0.29) is 12.6 Å². The van der Waals surface area contributed by atoms with Gasteiger partial charge >= 0.3 is 0 Å². The van der Waals surface area contributed by atoms with Gasteiger partial charge in [-0.15, -0.1) is 6.58 Å². The molecule has 1 unspecified atom stereocenters. The Morgan fingerprint density at radius 1 is 1.58 bits per heavy atom. The summed E-state index contributed by atoms with van der Waals surface area (Å²) in [5, 5.41) is 0. The van der Waals surface area contributed by atoms with E-state index in [0.717, 1.165) is 0 Å². The van der Waals surface area contributed by atoms with E-state index in [0.29, 0.717) is 6.42 Å². The van der Waals surface area contributed by atoms with E-state index in [1.807, 2.05) is 0 Å². The van der Waals surface area contributed by atoms with Crippen molar-refractivity contribution in [1.29, 1.82) is 0 Å². The van der Waals surface area contributed by atoms with Gasteiger partial charge in [0.1, 0.15) is 6.61 Å². The van der Waals surface area contributed by atoms with Crippen LogP contribution in [0.1, 0.15) is 6.42 Å². The summed E-state index contributed by atoms with van der Waals surface area (Å²) in [4.78, 5) is 0. The highest BCUT2D eigenvalue weighted by molar-refractivity contribution is 4.83. The number of nitrogens with one attached hydrogen (secondary N) is 1. The smallest absolute Gasteiger partial charge is 0.261 e. The fraction of sp³-hybridized carbons (Fsp3) is 0.714. The van der Waals surface area contributed by atoms with Crippen molar-refractivity contribution in [3.8, 4) is 0 Å². The number of nitrogens with two attached hydrogens (primary N) is 1. The van der Waals surface area contributed by atoms with E-state index in [4.69, 9.17) is 5.84 Å². The molecule has 0 bridgehead atoms. The molecule has 0 aromatic carbocycles. The van der Waals surface area contributed by atoms with Crippen molar-refractivity contribution < 1.29 is 13.5 Å². The predicted octanol–water partition coefficient (Wildman–Crippen LogP) is 0.676. The maximum atomic E-state index is 11.5. The fourth-order valence-electron chi connectivity index (χ4n) is 0.652. The van der Waals surface area contributed by atoms with Gasteiger partial charge in [-0.25, -0.2) is 8.78 Å². The first-order chi connectivity index (χ1) is 5.70. The first-order valence-electron chi connectivity index (χ1n) is 3.65. The zero-order valence-corrected chi connectivity index (χ0v) is 6.80. The standard InChI is InChI=1S/C7H14F2N2O/c1-2-6(11-10)3-4-12-5-7(8)9/h2,6-7,11H,1,3-5,10H2. The van der Waals surface area contributed by atoms with Crippen LogP contribution in [-0.4, -0.2) is 25.7 Å². The Kier molecular flexibility index (Phi) is 6.84. The van der Waals surface area contributed by atoms with Gasteiger partial charge in [0, 0.05) is 12.6 Å². The normalized spacial score (nSPS) is 13.3. The minimum Gasteiger partial charge on any atom is -0.375 e. The van der Waals surface area contributed by atoms with Gasteiger partial charge in [0.2, 0.25) is 0 Å². The Bertz CT molecular complexity index is 122. The third kappa shape index (κ3) is 6.21. The van der Waals surface area contributed by atoms with Crippen molar-refractivity contribution in [2.75, 3.05) is 13.2 Å². The molecule has 3 N–H and O–H groups in total. The van der Waals surface area contributed by atoms with Gasteiger partial charge in [0.05, 0.1) is 0 Å². The van der Waals surface area contributed by atoms with Gasteiger partial charge in [-0.2, -0.15) is 0 Å². The van der Waals surface area contributed by atoms with Gasteiger partial charge in [-0.3, -0.25) is 11.3 Å². The quantitative estimate of drug-likeness (QED) is 0.262. The topological polar surface area (TPSA) is 47.3 Å². The van der Waals surface area contributed by atoms with Crippen molar-refractivity contribution in [3.05, 3.63) is 12.7 Å². The van der Waals surface area contributed by atoms with Crippen LogP contribution in [0.25, 0.3) is 0 Å². The number of rotatable bonds is 7. The van der Waals surface area contributed by atoms with Crippen LogP contribution in [0, 0.1) is 0 Å². The van der Waals surface area contributed by atoms with Crippen LogP contribution >= 0.6 is 0 Å². The maximum absolute atomic E-state index is 11.5. The van der Waals surface area contributed by atoms with Gasteiger partial charge in [0.15, 0.2) is 0 Å². The first kappa shape index (κ1) is 11.5. The van der Waals surface area contributed by atoms with Crippen LogP contribution < -0.4 is 11.3 Å². The second kappa shape index (κ2) is 7.15. The number of alkyl halides is 2. The van der Waals surface area contributed by atoms with Gasteiger partial charge in [-0.1, -0.05) is 6.08 Å². The number of hydrogen-bond acceptors (Lipinski definition) is 3. The Hall–Kier alpha value is -0.520. The van der Waals surface area contributed by atoms with Crippen molar-refractivity contribution in [3.63, 3.8) is 0 Å². The molecule has 0 aliphatic carbocycles. The van der Waals surface area contributed by atoms with Crippen LogP contribution in [0.15, 0.2) is 12.7 Å².